The molecule has 0 bridgehead atoms. The molecule has 1 aromatic carbocycles. The van der Waals surface area contributed by atoms with Crippen LogP contribution in [0.1, 0.15) is 23.0 Å². The van der Waals surface area contributed by atoms with Crippen LogP contribution in [-0.2, 0) is 17.9 Å². The van der Waals surface area contributed by atoms with E-state index in [-0.39, 0.29) is 12.3 Å². The first-order chi connectivity index (χ1) is 11.2. The van der Waals surface area contributed by atoms with Crippen molar-refractivity contribution in [3.05, 3.63) is 60.0 Å². The summed E-state index contributed by atoms with van der Waals surface area (Å²) in [5.74, 6) is 0.621. The molecular formula is C18H16N2O3. The molecule has 0 saturated carbocycles. The summed E-state index contributed by atoms with van der Waals surface area (Å²) in [6, 6.07) is 11.2. The van der Waals surface area contributed by atoms with Crippen molar-refractivity contribution >= 4 is 23.0 Å². The first-order valence-corrected chi connectivity index (χ1v) is 7.29. The molecule has 0 spiro atoms. The van der Waals surface area contributed by atoms with Gasteiger partial charge in [-0.1, -0.05) is 6.07 Å². The van der Waals surface area contributed by atoms with Gasteiger partial charge >= 0.3 is 0 Å². The number of rotatable bonds is 6. The quantitative estimate of drug-likeness (QED) is 0.519. The second-order valence-electron chi connectivity index (χ2n) is 5.21. The van der Waals surface area contributed by atoms with E-state index in [1.165, 1.54) is 6.92 Å². The Morgan fingerprint density at radius 1 is 1.30 bits per heavy atom. The smallest absolute Gasteiger partial charge is 0.161 e. The SMILES string of the molecule is CC(=O)c1cn(CC=O)c2ccc(OCc3ccccn3)cc12. The molecule has 0 aliphatic heterocycles. The van der Waals surface area contributed by atoms with E-state index < -0.39 is 0 Å². The van der Waals surface area contributed by atoms with E-state index in [4.69, 9.17) is 4.74 Å². The Labute approximate surface area is 133 Å². The molecule has 0 atom stereocenters. The van der Waals surface area contributed by atoms with Gasteiger partial charge in [-0.05, 0) is 37.3 Å². The van der Waals surface area contributed by atoms with Gasteiger partial charge in [0.2, 0.25) is 0 Å². The van der Waals surface area contributed by atoms with E-state index in [2.05, 4.69) is 4.98 Å². The summed E-state index contributed by atoms with van der Waals surface area (Å²) in [6.45, 7) is 2.09. The van der Waals surface area contributed by atoms with Gasteiger partial charge in [0, 0.05) is 28.9 Å². The topological polar surface area (TPSA) is 61.2 Å². The molecule has 0 N–H and O–H groups in total. The van der Waals surface area contributed by atoms with Crippen molar-refractivity contribution in [1.82, 2.24) is 9.55 Å². The number of fused-ring (bicyclic) bond motifs is 1. The molecule has 0 aliphatic carbocycles. The summed E-state index contributed by atoms with van der Waals surface area (Å²) >= 11 is 0. The predicted octanol–water partition coefficient (Wildman–Crippen LogP) is 3.02. The number of hydrogen-bond donors (Lipinski definition) is 0. The van der Waals surface area contributed by atoms with Gasteiger partial charge in [0.05, 0.1) is 12.2 Å². The molecule has 0 amide bonds. The lowest BCUT2D eigenvalue weighted by Crippen LogP contribution is -1.98. The maximum atomic E-state index is 11.8. The second kappa shape index (κ2) is 6.44. The highest BCUT2D eigenvalue weighted by molar-refractivity contribution is 6.07. The number of aromatic nitrogens is 2. The zero-order valence-corrected chi connectivity index (χ0v) is 12.7. The number of Topliss-reactive ketones (excluding diaryl/α,β-unsaturated/α-hetero) is 1. The molecule has 0 saturated heterocycles. The van der Waals surface area contributed by atoms with Crippen LogP contribution < -0.4 is 4.74 Å². The van der Waals surface area contributed by atoms with E-state index in [9.17, 15) is 9.59 Å². The van der Waals surface area contributed by atoms with Crippen LogP contribution in [0.15, 0.2) is 48.8 Å². The van der Waals surface area contributed by atoms with Crippen molar-refractivity contribution in [3.63, 3.8) is 0 Å². The van der Waals surface area contributed by atoms with Gasteiger partial charge in [0.15, 0.2) is 5.78 Å². The third kappa shape index (κ3) is 3.13. The second-order valence-corrected chi connectivity index (χ2v) is 5.21. The maximum Gasteiger partial charge on any atom is 0.161 e. The van der Waals surface area contributed by atoms with Gasteiger partial charge in [-0.2, -0.15) is 0 Å². The number of pyridine rings is 1. The number of ketones is 1. The number of hydrogen-bond acceptors (Lipinski definition) is 4. The molecule has 3 aromatic rings. The average Bonchev–Trinajstić information content (AvgIpc) is 2.93. The summed E-state index contributed by atoms with van der Waals surface area (Å²) in [5, 5.41) is 0.790. The van der Waals surface area contributed by atoms with Gasteiger partial charge in [0.1, 0.15) is 18.6 Å². The van der Waals surface area contributed by atoms with E-state index in [1.54, 1.807) is 17.0 Å². The fourth-order valence-corrected chi connectivity index (χ4v) is 2.52. The van der Waals surface area contributed by atoms with Crippen LogP contribution in [0, 0.1) is 0 Å². The summed E-state index contributed by atoms with van der Waals surface area (Å²) < 4.78 is 7.52. The molecule has 2 heterocycles. The Hall–Kier alpha value is -2.95. The Bertz CT molecular complexity index is 853. The normalized spacial score (nSPS) is 10.7. The Morgan fingerprint density at radius 2 is 2.17 bits per heavy atom. The molecular weight excluding hydrogens is 292 g/mol. The first kappa shape index (κ1) is 15.0. The van der Waals surface area contributed by atoms with Crippen molar-refractivity contribution in [2.45, 2.75) is 20.1 Å². The third-order valence-corrected chi connectivity index (χ3v) is 3.62. The molecule has 5 heteroatoms. The molecule has 3 rings (SSSR count). The largest absolute Gasteiger partial charge is 0.487 e. The van der Waals surface area contributed by atoms with Crippen molar-refractivity contribution in [2.75, 3.05) is 0 Å². The molecule has 116 valence electrons. The number of nitrogens with zero attached hydrogens (tertiary/aromatic N) is 2. The molecule has 0 fully saturated rings. The lowest BCUT2D eigenvalue weighted by molar-refractivity contribution is -0.108. The summed E-state index contributed by atoms with van der Waals surface area (Å²) in [6.07, 6.45) is 4.24. The molecule has 0 radical (unpaired) electrons. The van der Waals surface area contributed by atoms with Crippen LogP contribution in [0.2, 0.25) is 0 Å². The first-order valence-electron chi connectivity index (χ1n) is 7.29. The number of benzene rings is 1. The highest BCUT2D eigenvalue weighted by atomic mass is 16.5. The highest BCUT2D eigenvalue weighted by Crippen LogP contribution is 2.27. The zero-order chi connectivity index (χ0) is 16.2. The van der Waals surface area contributed by atoms with Crippen molar-refractivity contribution < 1.29 is 14.3 Å². The van der Waals surface area contributed by atoms with Gasteiger partial charge in [-0.25, -0.2) is 0 Å². The summed E-state index contributed by atoms with van der Waals surface area (Å²) in [7, 11) is 0. The van der Waals surface area contributed by atoms with Crippen molar-refractivity contribution in [1.29, 1.82) is 0 Å². The van der Waals surface area contributed by atoms with Gasteiger partial charge in [-0.15, -0.1) is 0 Å². The standard InChI is InChI=1S/C18H16N2O3/c1-13(22)17-11-20(8-9-21)18-6-5-15(10-16(17)18)23-12-14-4-2-3-7-19-14/h2-7,9-11H,8,12H2,1H3. The average molecular weight is 308 g/mol. The minimum atomic E-state index is -0.0403. The van der Waals surface area contributed by atoms with E-state index in [0.717, 1.165) is 22.9 Å². The molecule has 0 unspecified atom stereocenters. The third-order valence-electron chi connectivity index (χ3n) is 3.62. The van der Waals surface area contributed by atoms with Crippen LogP contribution in [-0.4, -0.2) is 21.6 Å². The van der Waals surface area contributed by atoms with Crippen LogP contribution in [0.25, 0.3) is 10.9 Å². The van der Waals surface area contributed by atoms with Crippen molar-refractivity contribution in [3.8, 4) is 5.75 Å². The minimum Gasteiger partial charge on any atom is -0.487 e. The van der Waals surface area contributed by atoms with Crippen LogP contribution in [0.3, 0.4) is 0 Å². The molecule has 23 heavy (non-hydrogen) atoms. The molecule has 0 aliphatic rings. The van der Waals surface area contributed by atoms with Crippen LogP contribution >= 0.6 is 0 Å². The minimum absolute atomic E-state index is 0.0403. The van der Waals surface area contributed by atoms with E-state index in [0.29, 0.717) is 17.9 Å². The van der Waals surface area contributed by atoms with E-state index >= 15 is 0 Å². The predicted molar refractivity (Wildman–Crippen MR) is 86.6 cm³/mol. The van der Waals surface area contributed by atoms with Gasteiger partial charge < -0.3 is 14.1 Å². The fraction of sp³-hybridized carbons (Fsp3) is 0.167. The highest BCUT2D eigenvalue weighted by Gasteiger charge is 2.13. The fourth-order valence-electron chi connectivity index (χ4n) is 2.52. The molecule has 2 aromatic heterocycles. The number of ether oxygens (including phenoxy) is 1. The van der Waals surface area contributed by atoms with Crippen LogP contribution in [0.4, 0.5) is 0 Å². The number of carbonyl (C=O) groups excluding carboxylic acids is 2. The zero-order valence-electron chi connectivity index (χ0n) is 12.7. The Balaban J connectivity index is 1.92. The van der Waals surface area contributed by atoms with Gasteiger partial charge in [-0.3, -0.25) is 9.78 Å². The van der Waals surface area contributed by atoms with Gasteiger partial charge in [0.25, 0.3) is 0 Å². The van der Waals surface area contributed by atoms with Crippen LogP contribution in [0.5, 0.6) is 5.75 Å². The summed E-state index contributed by atoms with van der Waals surface area (Å²) in [5.41, 5.74) is 2.26. The van der Waals surface area contributed by atoms with E-state index in [1.807, 2.05) is 36.4 Å². The lowest BCUT2D eigenvalue weighted by atomic mass is 10.1. The number of carbonyl (C=O) groups is 2. The lowest BCUT2D eigenvalue weighted by Gasteiger charge is -2.07. The monoisotopic (exact) mass is 308 g/mol. The maximum absolute atomic E-state index is 11.8. The molecule has 5 nitrogen and oxygen atoms in total. The number of aldehydes is 1. The summed E-state index contributed by atoms with van der Waals surface area (Å²) in [4.78, 5) is 26.8. The van der Waals surface area contributed by atoms with Crippen molar-refractivity contribution in [2.24, 2.45) is 0 Å². The Morgan fingerprint density at radius 3 is 2.87 bits per heavy atom. The Kier molecular flexibility index (Phi) is 4.19.